The van der Waals surface area contributed by atoms with Crippen molar-refractivity contribution < 1.29 is 17.9 Å². The van der Waals surface area contributed by atoms with Crippen LogP contribution in [0.2, 0.25) is 0 Å². The second-order valence-electron chi connectivity index (χ2n) is 4.29. The van der Waals surface area contributed by atoms with Gasteiger partial charge in [-0.2, -0.15) is 0 Å². The summed E-state index contributed by atoms with van der Waals surface area (Å²) in [4.78, 5) is 13.3. The summed E-state index contributed by atoms with van der Waals surface area (Å²) in [7, 11) is -0.110. The SMILES string of the molecule is COC(=O)c1cccc(N)c1N(C)CCS(C)(=O)=O. The number of hydrogen-bond donors (Lipinski definition) is 1. The predicted octanol–water partition coefficient (Wildman–Crippen LogP) is 0.536. The van der Waals surface area contributed by atoms with Gasteiger partial charge in [-0.15, -0.1) is 0 Å². The van der Waals surface area contributed by atoms with Crippen molar-refractivity contribution >= 4 is 27.2 Å². The monoisotopic (exact) mass is 286 g/mol. The molecule has 0 saturated carbocycles. The molecule has 0 aliphatic carbocycles. The maximum atomic E-state index is 11.7. The summed E-state index contributed by atoms with van der Waals surface area (Å²) in [6.07, 6.45) is 1.16. The third-order valence-corrected chi connectivity index (χ3v) is 3.58. The van der Waals surface area contributed by atoms with Gasteiger partial charge in [0, 0.05) is 19.8 Å². The quantitative estimate of drug-likeness (QED) is 0.627. The zero-order valence-corrected chi connectivity index (χ0v) is 12.0. The molecule has 0 saturated heterocycles. The van der Waals surface area contributed by atoms with Gasteiger partial charge >= 0.3 is 5.97 Å². The van der Waals surface area contributed by atoms with Crippen LogP contribution in [0.3, 0.4) is 0 Å². The summed E-state index contributed by atoms with van der Waals surface area (Å²) in [6.45, 7) is 0.247. The highest BCUT2D eigenvalue weighted by Crippen LogP contribution is 2.27. The molecule has 7 heteroatoms. The largest absolute Gasteiger partial charge is 0.465 e. The first kappa shape index (κ1) is 15.3. The first-order chi connectivity index (χ1) is 8.76. The Balaban J connectivity index is 3.07. The van der Waals surface area contributed by atoms with Crippen molar-refractivity contribution in [2.24, 2.45) is 0 Å². The Labute approximate surface area is 113 Å². The molecule has 0 aliphatic rings. The average molecular weight is 286 g/mol. The molecular weight excluding hydrogens is 268 g/mol. The highest BCUT2D eigenvalue weighted by Gasteiger charge is 2.18. The lowest BCUT2D eigenvalue weighted by atomic mass is 10.1. The van der Waals surface area contributed by atoms with Crippen LogP contribution >= 0.6 is 0 Å². The summed E-state index contributed by atoms with van der Waals surface area (Å²) < 4.78 is 27.0. The number of ether oxygens (including phenoxy) is 1. The number of carbonyl (C=O) groups is 1. The topological polar surface area (TPSA) is 89.7 Å². The number of anilines is 2. The molecular formula is C12H18N2O4S. The molecule has 0 bridgehead atoms. The van der Waals surface area contributed by atoms with Gasteiger partial charge in [0.1, 0.15) is 9.84 Å². The Hall–Kier alpha value is -1.76. The van der Waals surface area contributed by atoms with E-state index in [-0.39, 0.29) is 12.3 Å². The van der Waals surface area contributed by atoms with Crippen LogP contribution in [-0.2, 0) is 14.6 Å². The number of sulfone groups is 1. The van der Waals surface area contributed by atoms with E-state index in [0.29, 0.717) is 16.9 Å². The molecule has 19 heavy (non-hydrogen) atoms. The van der Waals surface area contributed by atoms with Gasteiger partial charge in [0.25, 0.3) is 0 Å². The second kappa shape index (κ2) is 5.92. The minimum absolute atomic E-state index is 0.0154. The Morgan fingerprint density at radius 1 is 1.42 bits per heavy atom. The van der Waals surface area contributed by atoms with Crippen molar-refractivity contribution in [2.45, 2.75) is 0 Å². The lowest BCUT2D eigenvalue weighted by Gasteiger charge is -2.23. The lowest BCUT2D eigenvalue weighted by Crippen LogP contribution is -2.27. The van der Waals surface area contributed by atoms with Gasteiger partial charge in [-0.1, -0.05) is 6.07 Å². The molecule has 0 atom stereocenters. The molecule has 1 rings (SSSR count). The van der Waals surface area contributed by atoms with Gasteiger partial charge in [-0.05, 0) is 12.1 Å². The van der Waals surface area contributed by atoms with E-state index < -0.39 is 15.8 Å². The van der Waals surface area contributed by atoms with Crippen LogP contribution in [0.25, 0.3) is 0 Å². The average Bonchev–Trinajstić information content (AvgIpc) is 2.33. The van der Waals surface area contributed by atoms with Gasteiger partial charge in [-0.25, -0.2) is 13.2 Å². The molecule has 0 aliphatic heterocycles. The Kier molecular flexibility index (Phi) is 4.77. The minimum Gasteiger partial charge on any atom is -0.465 e. The van der Waals surface area contributed by atoms with Crippen molar-refractivity contribution in [3.63, 3.8) is 0 Å². The fraction of sp³-hybridized carbons (Fsp3) is 0.417. The Bertz CT molecular complexity index is 569. The van der Waals surface area contributed by atoms with Crippen molar-refractivity contribution in [2.75, 3.05) is 43.3 Å². The van der Waals surface area contributed by atoms with E-state index in [9.17, 15) is 13.2 Å². The maximum absolute atomic E-state index is 11.7. The zero-order valence-electron chi connectivity index (χ0n) is 11.2. The number of nitrogen functional groups attached to an aromatic ring is 1. The molecule has 1 aromatic rings. The molecule has 0 amide bonds. The van der Waals surface area contributed by atoms with Gasteiger partial charge < -0.3 is 15.4 Å². The number of carbonyl (C=O) groups excluding carboxylic acids is 1. The molecule has 0 heterocycles. The van der Waals surface area contributed by atoms with Crippen LogP contribution < -0.4 is 10.6 Å². The maximum Gasteiger partial charge on any atom is 0.340 e. The lowest BCUT2D eigenvalue weighted by molar-refractivity contribution is 0.0601. The number of rotatable bonds is 5. The van der Waals surface area contributed by atoms with Crippen LogP contribution in [0.5, 0.6) is 0 Å². The summed E-state index contributed by atoms with van der Waals surface area (Å²) >= 11 is 0. The molecule has 0 unspecified atom stereocenters. The van der Waals surface area contributed by atoms with E-state index in [1.54, 1.807) is 30.1 Å². The summed E-state index contributed by atoms with van der Waals surface area (Å²) in [5, 5.41) is 0. The van der Waals surface area contributed by atoms with E-state index in [1.165, 1.54) is 7.11 Å². The van der Waals surface area contributed by atoms with Gasteiger partial charge in [0.2, 0.25) is 0 Å². The van der Waals surface area contributed by atoms with Crippen LogP contribution in [-0.4, -0.2) is 47.1 Å². The van der Waals surface area contributed by atoms with E-state index in [1.807, 2.05) is 0 Å². The highest BCUT2D eigenvalue weighted by molar-refractivity contribution is 7.90. The zero-order chi connectivity index (χ0) is 14.6. The Morgan fingerprint density at radius 2 is 2.05 bits per heavy atom. The van der Waals surface area contributed by atoms with Crippen molar-refractivity contribution in [1.82, 2.24) is 0 Å². The highest BCUT2D eigenvalue weighted by atomic mass is 32.2. The minimum atomic E-state index is -3.08. The summed E-state index contributed by atoms with van der Waals surface area (Å²) in [5.41, 5.74) is 7.06. The predicted molar refractivity (Wildman–Crippen MR) is 75.2 cm³/mol. The second-order valence-corrected chi connectivity index (χ2v) is 6.55. The van der Waals surface area contributed by atoms with Gasteiger partial charge in [0.05, 0.1) is 29.8 Å². The molecule has 6 nitrogen and oxygen atoms in total. The van der Waals surface area contributed by atoms with Crippen molar-refractivity contribution in [3.05, 3.63) is 23.8 Å². The number of benzene rings is 1. The molecule has 106 valence electrons. The standard InChI is InChI=1S/C12H18N2O4S/c1-14(7-8-19(3,16)17)11-9(12(15)18-2)5-4-6-10(11)13/h4-6H,7-8,13H2,1-3H3. The third-order valence-electron chi connectivity index (χ3n) is 2.65. The number of methoxy groups -OCH3 is 1. The van der Waals surface area contributed by atoms with Crippen LogP contribution in [0.4, 0.5) is 11.4 Å². The van der Waals surface area contributed by atoms with Crippen molar-refractivity contribution in [1.29, 1.82) is 0 Å². The normalized spacial score (nSPS) is 11.1. The molecule has 0 radical (unpaired) electrons. The van der Waals surface area contributed by atoms with E-state index >= 15 is 0 Å². The molecule has 2 N–H and O–H groups in total. The van der Waals surface area contributed by atoms with E-state index in [4.69, 9.17) is 5.73 Å². The molecule has 0 aromatic heterocycles. The Morgan fingerprint density at radius 3 is 2.58 bits per heavy atom. The molecule has 0 fully saturated rings. The first-order valence-corrected chi connectivity index (χ1v) is 7.68. The molecule has 1 aromatic carbocycles. The number of hydrogen-bond acceptors (Lipinski definition) is 6. The van der Waals surface area contributed by atoms with Crippen LogP contribution in [0, 0.1) is 0 Å². The van der Waals surface area contributed by atoms with Crippen molar-refractivity contribution in [3.8, 4) is 0 Å². The fourth-order valence-electron chi connectivity index (χ4n) is 1.68. The van der Waals surface area contributed by atoms with Crippen LogP contribution in [0.1, 0.15) is 10.4 Å². The summed E-state index contributed by atoms with van der Waals surface area (Å²) in [5.74, 6) is -0.521. The fourth-order valence-corrected chi connectivity index (χ4v) is 2.28. The van der Waals surface area contributed by atoms with Crippen LogP contribution in [0.15, 0.2) is 18.2 Å². The number of nitrogens with two attached hydrogens (primary N) is 1. The summed E-state index contributed by atoms with van der Waals surface area (Å²) in [6, 6.07) is 4.89. The molecule has 0 spiro atoms. The van der Waals surface area contributed by atoms with E-state index in [2.05, 4.69) is 4.74 Å². The van der Waals surface area contributed by atoms with Gasteiger partial charge in [-0.3, -0.25) is 0 Å². The first-order valence-electron chi connectivity index (χ1n) is 5.62. The smallest absolute Gasteiger partial charge is 0.340 e. The number of para-hydroxylation sites is 1. The number of esters is 1. The number of nitrogens with zero attached hydrogens (tertiary/aromatic N) is 1. The van der Waals surface area contributed by atoms with Gasteiger partial charge in [0.15, 0.2) is 0 Å². The third kappa shape index (κ3) is 4.13. The van der Waals surface area contributed by atoms with E-state index in [0.717, 1.165) is 6.26 Å².